The van der Waals surface area contributed by atoms with E-state index in [4.69, 9.17) is 27.9 Å². The predicted octanol–water partition coefficient (Wildman–Crippen LogP) is 3.90. The van der Waals surface area contributed by atoms with Gasteiger partial charge in [0.05, 0.1) is 33.2 Å². The highest BCUT2D eigenvalue weighted by Gasteiger charge is 2.40. The van der Waals surface area contributed by atoms with Crippen molar-refractivity contribution in [3.8, 4) is 0 Å². The van der Waals surface area contributed by atoms with E-state index in [1.54, 1.807) is 55.5 Å². The van der Waals surface area contributed by atoms with Crippen LogP contribution in [0.4, 0.5) is 4.79 Å². The summed E-state index contributed by atoms with van der Waals surface area (Å²) in [5.74, 6) is -0.563. The molecule has 0 aromatic heterocycles. The molecule has 0 saturated carbocycles. The van der Waals surface area contributed by atoms with E-state index in [1.165, 1.54) is 9.21 Å². The Morgan fingerprint density at radius 1 is 1.03 bits per heavy atom. The molecule has 2 aromatic carbocycles. The lowest BCUT2D eigenvalue weighted by molar-refractivity contribution is -0.139. The van der Waals surface area contributed by atoms with Gasteiger partial charge >= 0.3 is 12.0 Å². The number of esters is 1. The third-order valence-electron chi connectivity index (χ3n) is 6.63. The number of piperazine rings is 1. The maximum absolute atomic E-state index is 13.3. The van der Waals surface area contributed by atoms with Gasteiger partial charge < -0.3 is 10.1 Å². The lowest BCUT2D eigenvalue weighted by Crippen LogP contribution is -2.53. The Hall–Kier alpha value is -2.63. The van der Waals surface area contributed by atoms with Gasteiger partial charge in [0.1, 0.15) is 0 Å². The zero-order valence-electron chi connectivity index (χ0n) is 21.2. The minimum absolute atomic E-state index is 0.154. The molecular formula is C26H30Cl2N4O5S. The fraction of sp³-hybridized carbons (Fsp3) is 0.385. The number of nitrogens with zero attached hydrogens (tertiary/aromatic N) is 3. The molecule has 0 radical (unpaired) electrons. The van der Waals surface area contributed by atoms with Crippen molar-refractivity contribution in [3.63, 3.8) is 0 Å². The van der Waals surface area contributed by atoms with Crippen LogP contribution in [0.3, 0.4) is 0 Å². The summed E-state index contributed by atoms with van der Waals surface area (Å²) < 4.78 is 33.0. The Balaban J connectivity index is 1.65. The van der Waals surface area contributed by atoms with E-state index in [1.807, 2.05) is 11.8 Å². The van der Waals surface area contributed by atoms with Crippen LogP contribution in [0.25, 0.3) is 0 Å². The highest BCUT2D eigenvalue weighted by Crippen LogP contribution is 2.38. The van der Waals surface area contributed by atoms with Crippen LogP contribution in [-0.4, -0.2) is 80.4 Å². The number of hydrogen-bond donors (Lipinski definition) is 1. The van der Waals surface area contributed by atoms with E-state index in [-0.39, 0.29) is 47.8 Å². The van der Waals surface area contributed by atoms with Crippen molar-refractivity contribution in [3.05, 3.63) is 75.4 Å². The summed E-state index contributed by atoms with van der Waals surface area (Å²) >= 11 is 12.7. The number of amides is 2. The van der Waals surface area contributed by atoms with Crippen LogP contribution in [0.2, 0.25) is 10.0 Å². The number of halogens is 2. The van der Waals surface area contributed by atoms with Crippen molar-refractivity contribution in [2.45, 2.75) is 24.8 Å². The van der Waals surface area contributed by atoms with Gasteiger partial charge in [-0.3, -0.25) is 9.80 Å². The Morgan fingerprint density at radius 2 is 1.71 bits per heavy atom. The number of carbonyl (C=O) groups is 2. The quantitative estimate of drug-likeness (QED) is 0.475. The molecule has 2 heterocycles. The third kappa shape index (κ3) is 5.69. The van der Waals surface area contributed by atoms with E-state index in [2.05, 4.69) is 5.32 Å². The predicted molar refractivity (Wildman–Crippen MR) is 145 cm³/mol. The summed E-state index contributed by atoms with van der Waals surface area (Å²) in [4.78, 5) is 30.3. The maximum atomic E-state index is 13.3. The van der Waals surface area contributed by atoms with Crippen molar-refractivity contribution >= 4 is 45.2 Å². The van der Waals surface area contributed by atoms with E-state index in [0.29, 0.717) is 35.9 Å². The first-order valence-corrected chi connectivity index (χ1v) is 14.6. The van der Waals surface area contributed by atoms with Gasteiger partial charge in [0.25, 0.3) is 0 Å². The number of ether oxygens (including phenoxy) is 1. The Morgan fingerprint density at radius 3 is 2.34 bits per heavy atom. The first kappa shape index (κ1) is 28.4. The molecule has 2 aliphatic heterocycles. The Bertz CT molecular complexity index is 1330. The molecular weight excluding hydrogens is 551 g/mol. The molecule has 1 atom stereocenters. The molecule has 0 aliphatic carbocycles. The largest absolute Gasteiger partial charge is 0.463 e. The molecule has 2 amide bonds. The smallest absolute Gasteiger partial charge is 0.338 e. The standard InChI is InChI=1S/C26H30Cl2N4O5S/c1-3-32-21(17-30-13-15-31(16-14-30)38(35,36)18-9-6-5-7-10-18)22(25(33)37-4-2)24(29-26(32)34)19-11-8-12-20(27)23(19)28/h5-12,24H,3-4,13-17H2,1-2H3,(H,29,34)/t24-/m0/s1. The highest BCUT2D eigenvalue weighted by molar-refractivity contribution is 7.89. The third-order valence-corrected chi connectivity index (χ3v) is 9.37. The van der Waals surface area contributed by atoms with Crippen LogP contribution >= 0.6 is 23.2 Å². The zero-order valence-corrected chi connectivity index (χ0v) is 23.5. The minimum Gasteiger partial charge on any atom is -0.463 e. The van der Waals surface area contributed by atoms with Crippen LogP contribution in [-0.2, 0) is 19.6 Å². The average molecular weight is 582 g/mol. The lowest BCUT2D eigenvalue weighted by atomic mass is 9.94. The molecule has 0 unspecified atom stereocenters. The van der Waals surface area contributed by atoms with Gasteiger partial charge in [-0.05, 0) is 37.6 Å². The van der Waals surface area contributed by atoms with E-state index >= 15 is 0 Å². The molecule has 0 bridgehead atoms. The first-order chi connectivity index (χ1) is 18.2. The van der Waals surface area contributed by atoms with E-state index in [9.17, 15) is 18.0 Å². The van der Waals surface area contributed by atoms with Gasteiger partial charge in [0.15, 0.2) is 0 Å². The summed E-state index contributed by atoms with van der Waals surface area (Å²) in [5.41, 5.74) is 1.26. The number of nitrogens with one attached hydrogen (secondary N) is 1. The van der Waals surface area contributed by atoms with Crippen molar-refractivity contribution < 1.29 is 22.7 Å². The zero-order chi connectivity index (χ0) is 27.4. The van der Waals surface area contributed by atoms with Crippen molar-refractivity contribution in [1.82, 2.24) is 19.4 Å². The molecule has 2 aliphatic rings. The van der Waals surface area contributed by atoms with E-state index < -0.39 is 22.0 Å². The number of benzene rings is 2. The Labute approximate surface area is 233 Å². The average Bonchev–Trinajstić information content (AvgIpc) is 2.91. The number of carbonyl (C=O) groups excluding carboxylic acids is 2. The van der Waals surface area contributed by atoms with Crippen LogP contribution in [0.1, 0.15) is 25.5 Å². The molecule has 12 heteroatoms. The van der Waals surface area contributed by atoms with Gasteiger partial charge in [-0.2, -0.15) is 4.31 Å². The molecule has 0 spiro atoms. The molecule has 204 valence electrons. The van der Waals surface area contributed by atoms with Gasteiger partial charge in [0, 0.05) is 45.0 Å². The molecule has 1 saturated heterocycles. The summed E-state index contributed by atoms with van der Waals surface area (Å²) in [7, 11) is -3.61. The monoisotopic (exact) mass is 580 g/mol. The second-order valence-corrected chi connectivity index (χ2v) is 11.6. The van der Waals surface area contributed by atoms with Gasteiger partial charge in [0.2, 0.25) is 10.0 Å². The summed E-state index contributed by atoms with van der Waals surface area (Å²) in [6, 6.07) is 12.2. The molecule has 9 nitrogen and oxygen atoms in total. The summed E-state index contributed by atoms with van der Waals surface area (Å²) in [6.45, 7) is 5.67. The second-order valence-electron chi connectivity index (χ2n) is 8.84. The number of rotatable bonds is 8. The number of sulfonamides is 1. The van der Waals surface area contributed by atoms with Crippen molar-refractivity contribution in [2.75, 3.05) is 45.9 Å². The van der Waals surface area contributed by atoms with Crippen LogP contribution in [0.5, 0.6) is 0 Å². The van der Waals surface area contributed by atoms with E-state index in [0.717, 1.165) is 0 Å². The normalized spacial score (nSPS) is 19.4. The fourth-order valence-corrected chi connectivity index (χ4v) is 6.58. The fourth-order valence-electron chi connectivity index (χ4n) is 4.72. The molecule has 38 heavy (non-hydrogen) atoms. The number of hydrogen-bond acceptors (Lipinski definition) is 6. The molecule has 1 fully saturated rings. The van der Waals surface area contributed by atoms with Crippen molar-refractivity contribution in [1.29, 1.82) is 0 Å². The first-order valence-electron chi connectivity index (χ1n) is 12.4. The van der Waals surface area contributed by atoms with Gasteiger partial charge in [-0.15, -0.1) is 0 Å². The summed E-state index contributed by atoms with van der Waals surface area (Å²) in [5, 5.41) is 3.43. The van der Waals surface area contributed by atoms with Crippen LogP contribution < -0.4 is 5.32 Å². The van der Waals surface area contributed by atoms with Gasteiger partial charge in [-0.25, -0.2) is 18.0 Å². The van der Waals surface area contributed by atoms with Crippen molar-refractivity contribution in [2.24, 2.45) is 0 Å². The number of urea groups is 1. The Kier molecular flexibility index (Phi) is 9.00. The van der Waals surface area contributed by atoms with Gasteiger partial charge in [-0.1, -0.05) is 53.5 Å². The summed E-state index contributed by atoms with van der Waals surface area (Å²) in [6.07, 6.45) is 0. The molecule has 2 aromatic rings. The molecule has 4 rings (SSSR count). The van der Waals surface area contributed by atoms with Crippen LogP contribution in [0.15, 0.2) is 64.7 Å². The second kappa shape index (κ2) is 12.0. The molecule has 1 N–H and O–H groups in total. The SMILES string of the molecule is CCOC(=O)C1=C(CN2CCN(S(=O)(=O)c3ccccc3)CC2)N(CC)C(=O)N[C@H]1c1cccc(Cl)c1Cl. The maximum Gasteiger partial charge on any atom is 0.338 e. The lowest BCUT2D eigenvalue weighted by Gasteiger charge is -2.40. The highest BCUT2D eigenvalue weighted by atomic mass is 35.5. The van der Waals surface area contributed by atoms with Crippen LogP contribution in [0, 0.1) is 0 Å². The topological polar surface area (TPSA) is 99.3 Å². The number of likely N-dealkylation sites (N-methyl/N-ethyl adjacent to an activating group) is 1. The minimum atomic E-state index is -3.61.